The molecule has 3 aromatic rings. The fourth-order valence-electron chi connectivity index (χ4n) is 2.40. The Labute approximate surface area is 155 Å². The van der Waals surface area contributed by atoms with Crippen LogP contribution < -0.4 is 16.2 Å². The van der Waals surface area contributed by atoms with Gasteiger partial charge in [-0.2, -0.15) is 5.10 Å². The summed E-state index contributed by atoms with van der Waals surface area (Å²) in [6, 6.07) is 4.98. The molecule has 0 saturated heterocycles. The summed E-state index contributed by atoms with van der Waals surface area (Å²) >= 11 is 0. The molecule has 0 aliphatic heterocycles. The summed E-state index contributed by atoms with van der Waals surface area (Å²) < 4.78 is 2.91. The van der Waals surface area contributed by atoms with Crippen LogP contribution in [0.15, 0.2) is 41.7 Å². The Morgan fingerprint density at radius 3 is 2.78 bits per heavy atom. The van der Waals surface area contributed by atoms with Gasteiger partial charge in [-0.1, -0.05) is 0 Å². The quantitative estimate of drug-likeness (QED) is 0.566. The van der Waals surface area contributed by atoms with Crippen LogP contribution >= 0.6 is 0 Å². The number of hydrogen-bond donors (Lipinski definition) is 2. The van der Waals surface area contributed by atoms with Gasteiger partial charge in [0.2, 0.25) is 5.91 Å². The van der Waals surface area contributed by atoms with Crippen molar-refractivity contribution in [2.75, 3.05) is 18.4 Å². The van der Waals surface area contributed by atoms with Crippen LogP contribution in [0, 0.1) is 13.8 Å². The van der Waals surface area contributed by atoms with E-state index in [2.05, 4.69) is 30.7 Å². The second-order valence-electron chi connectivity index (χ2n) is 5.88. The Morgan fingerprint density at radius 2 is 2.04 bits per heavy atom. The van der Waals surface area contributed by atoms with Gasteiger partial charge in [-0.05, 0) is 19.9 Å². The molecule has 0 saturated carbocycles. The van der Waals surface area contributed by atoms with Crippen molar-refractivity contribution < 1.29 is 4.79 Å². The maximum Gasteiger partial charge on any atom is 0.253 e. The maximum absolute atomic E-state index is 12.0. The summed E-state index contributed by atoms with van der Waals surface area (Å²) in [5, 5.41) is 10.0. The first-order chi connectivity index (χ1) is 13.0. The van der Waals surface area contributed by atoms with Gasteiger partial charge in [-0.15, -0.1) is 0 Å². The van der Waals surface area contributed by atoms with Crippen LogP contribution in [0.25, 0.3) is 5.82 Å². The van der Waals surface area contributed by atoms with E-state index in [0.29, 0.717) is 36.2 Å². The molecule has 0 spiro atoms. The zero-order chi connectivity index (χ0) is 19.2. The molecule has 0 fully saturated rings. The molecule has 0 aliphatic carbocycles. The van der Waals surface area contributed by atoms with E-state index in [9.17, 15) is 9.59 Å². The SMILES string of the molecule is Cc1cc(=O)n(CC(=O)NCCNc2cc(-n3cccn3)nc(C)n2)cn1. The minimum Gasteiger partial charge on any atom is -0.368 e. The van der Waals surface area contributed by atoms with E-state index in [1.807, 2.05) is 6.07 Å². The smallest absolute Gasteiger partial charge is 0.253 e. The third kappa shape index (κ3) is 4.97. The first kappa shape index (κ1) is 18.2. The van der Waals surface area contributed by atoms with Gasteiger partial charge in [-0.3, -0.25) is 14.2 Å². The number of nitrogens with zero attached hydrogens (tertiary/aromatic N) is 6. The molecule has 10 nitrogen and oxygen atoms in total. The molecule has 10 heteroatoms. The molecule has 0 unspecified atom stereocenters. The fourth-order valence-corrected chi connectivity index (χ4v) is 2.40. The number of amides is 1. The van der Waals surface area contributed by atoms with Gasteiger partial charge in [-0.25, -0.2) is 19.6 Å². The van der Waals surface area contributed by atoms with Crippen molar-refractivity contribution in [2.45, 2.75) is 20.4 Å². The maximum atomic E-state index is 12.0. The second kappa shape index (κ2) is 8.21. The van der Waals surface area contributed by atoms with Crippen LogP contribution in [0.1, 0.15) is 11.5 Å². The van der Waals surface area contributed by atoms with E-state index >= 15 is 0 Å². The predicted octanol–water partition coefficient (Wildman–Crippen LogP) is 0.0641. The minimum absolute atomic E-state index is 0.0673. The summed E-state index contributed by atoms with van der Waals surface area (Å²) in [5.74, 6) is 1.65. The molecule has 0 atom stereocenters. The standard InChI is InChI=1S/C17H20N8O2/c1-12-8-17(27)24(11-20-12)10-16(26)19-6-5-18-14-9-15(23-13(2)22-14)25-7-3-4-21-25/h3-4,7-9,11H,5-6,10H2,1-2H3,(H,19,26)(H,18,22,23). The van der Waals surface area contributed by atoms with E-state index in [0.717, 1.165) is 0 Å². The highest BCUT2D eigenvalue weighted by Gasteiger charge is 2.06. The third-order valence-electron chi connectivity index (χ3n) is 3.65. The number of nitrogens with one attached hydrogen (secondary N) is 2. The number of rotatable bonds is 7. The van der Waals surface area contributed by atoms with Crippen LogP contribution in [0.2, 0.25) is 0 Å². The summed E-state index contributed by atoms with van der Waals surface area (Å²) in [6.07, 6.45) is 4.85. The summed E-state index contributed by atoms with van der Waals surface area (Å²) in [5.41, 5.74) is 0.369. The lowest BCUT2D eigenvalue weighted by Crippen LogP contribution is -2.34. The molecule has 1 amide bonds. The lowest BCUT2D eigenvalue weighted by Gasteiger charge is -2.10. The zero-order valence-corrected chi connectivity index (χ0v) is 15.1. The summed E-state index contributed by atoms with van der Waals surface area (Å²) in [4.78, 5) is 36.4. The van der Waals surface area contributed by atoms with Gasteiger partial charge < -0.3 is 10.6 Å². The molecule has 0 bridgehead atoms. The van der Waals surface area contributed by atoms with E-state index in [4.69, 9.17) is 0 Å². The Morgan fingerprint density at radius 1 is 1.19 bits per heavy atom. The van der Waals surface area contributed by atoms with Crippen LogP contribution in [0.5, 0.6) is 0 Å². The van der Waals surface area contributed by atoms with E-state index < -0.39 is 0 Å². The van der Waals surface area contributed by atoms with Gasteiger partial charge in [0.25, 0.3) is 5.56 Å². The Balaban J connectivity index is 1.50. The normalized spacial score (nSPS) is 10.6. The Bertz CT molecular complexity index is 981. The lowest BCUT2D eigenvalue weighted by atomic mass is 10.4. The molecule has 3 rings (SSSR count). The third-order valence-corrected chi connectivity index (χ3v) is 3.65. The highest BCUT2D eigenvalue weighted by molar-refractivity contribution is 5.75. The summed E-state index contributed by atoms with van der Waals surface area (Å²) in [6.45, 7) is 4.31. The van der Waals surface area contributed by atoms with Crippen molar-refractivity contribution in [3.63, 3.8) is 0 Å². The van der Waals surface area contributed by atoms with Gasteiger partial charge in [0.15, 0.2) is 5.82 Å². The number of carbonyl (C=O) groups is 1. The summed E-state index contributed by atoms with van der Waals surface area (Å²) in [7, 11) is 0. The van der Waals surface area contributed by atoms with Crippen molar-refractivity contribution >= 4 is 11.7 Å². The monoisotopic (exact) mass is 368 g/mol. The van der Waals surface area contributed by atoms with Crippen LogP contribution in [0.4, 0.5) is 5.82 Å². The minimum atomic E-state index is -0.263. The molecule has 0 aliphatic rings. The number of hydrogen-bond acceptors (Lipinski definition) is 7. The van der Waals surface area contributed by atoms with E-state index in [-0.39, 0.29) is 18.0 Å². The molecule has 3 aromatic heterocycles. The number of anilines is 1. The van der Waals surface area contributed by atoms with Crippen molar-refractivity contribution in [1.82, 2.24) is 34.6 Å². The molecular formula is C17H20N8O2. The molecular weight excluding hydrogens is 348 g/mol. The van der Waals surface area contributed by atoms with Gasteiger partial charge in [0.05, 0.1) is 6.33 Å². The molecule has 0 aromatic carbocycles. The first-order valence-electron chi connectivity index (χ1n) is 8.40. The average molecular weight is 368 g/mol. The number of carbonyl (C=O) groups excluding carboxylic acids is 1. The van der Waals surface area contributed by atoms with Crippen molar-refractivity contribution in [1.29, 1.82) is 0 Å². The van der Waals surface area contributed by atoms with Gasteiger partial charge >= 0.3 is 0 Å². The number of aryl methyl sites for hydroxylation is 2. The van der Waals surface area contributed by atoms with Crippen LogP contribution in [-0.4, -0.2) is 48.3 Å². The van der Waals surface area contributed by atoms with Crippen molar-refractivity contribution in [3.05, 3.63) is 58.8 Å². The topological polar surface area (TPSA) is 120 Å². The lowest BCUT2D eigenvalue weighted by molar-refractivity contribution is -0.121. The number of aromatic nitrogens is 6. The van der Waals surface area contributed by atoms with Crippen LogP contribution in [0.3, 0.4) is 0 Å². The van der Waals surface area contributed by atoms with Gasteiger partial charge in [0, 0.05) is 43.3 Å². The zero-order valence-electron chi connectivity index (χ0n) is 15.1. The second-order valence-corrected chi connectivity index (χ2v) is 5.88. The molecule has 3 heterocycles. The average Bonchev–Trinajstić information content (AvgIpc) is 3.15. The highest BCUT2D eigenvalue weighted by atomic mass is 16.2. The van der Waals surface area contributed by atoms with Crippen LogP contribution in [-0.2, 0) is 11.3 Å². The largest absolute Gasteiger partial charge is 0.368 e. The first-order valence-corrected chi connectivity index (χ1v) is 8.40. The predicted molar refractivity (Wildman–Crippen MR) is 98.6 cm³/mol. The van der Waals surface area contributed by atoms with E-state index in [1.165, 1.54) is 17.0 Å². The molecule has 27 heavy (non-hydrogen) atoms. The van der Waals surface area contributed by atoms with Gasteiger partial charge in [0.1, 0.15) is 18.2 Å². The van der Waals surface area contributed by atoms with E-state index in [1.54, 1.807) is 37.0 Å². The van der Waals surface area contributed by atoms with Crippen molar-refractivity contribution in [2.24, 2.45) is 0 Å². The molecule has 140 valence electrons. The van der Waals surface area contributed by atoms with Crippen molar-refractivity contribution in [3.8, 4) is 5.82 Å². The Kier molecular flexibility index (Phi) is 5.55. The molecule has 2 N–H and O–H groups in total. The molecule has 0 radical (unpaired) electrons. The highest BCUT2D eigenvalue weighted by Crippen LogP contribution is 2.09. The fraction of sp³-hybridized carbons (Fsp3) is 0.294. The Hall–Kier alpha value is -3.56.